The molecule has 0 spiro atoms. The molecule has 118 valence electrons. The Morgan fingerprint density at radius 1 is 1.32 bits per heavy atom. The molecule has 0 aliphatic rings. The molecule has 0 aliphatic carbocycles. The summed E-state index contributed by atoms with van der Waals surface area (Å²) in [5.41, 5.74) is 5.53. The third kappa shape index (κ3) is 4.20. The van der Waals surface area contributed by atoms with Crippen molar-refractivity contribution in [3.8, 4) is 0 Å². The highest BCUT2D eigenvalue weighted by molar-refractivity contribution is 7.11. The molecule has 3 N–H and O–H groups in total. The average molecular weight is 325 g/mol. The van der Waals surface area contributed by atoms with Crippen molar-refractivity contribution >= 4 is 23.0 Å². The maximum absolute atomic E-state index is 13.5. The molecule has 2 rings (SSSR count). The molecule has 0 atom stereocenters. The van der Waals surface area contributed by atoms with E-state index in [1.54, 1.807) is 0 Å². The molecule has 0 unspecified atom stereocenters. The topological polar surface area (TPSA) is 76.2 Å². The predicted molar refractivity (Wildman–Crippen MR) is 83.9 cm³/mol. The van der Waals surface area contributed by atoms with Gasteiger partial charge in [0.05, 0.1) is 12.2 Å². The van der Waals surface area contributed by atoms with Crippen LogP contribution in [0.2, 0.25) is 0 Å². The highest BCUT2D eigenvalue weighted by atomic mass is 32.1. The molecule has 0 fully saturated rings. The highest BCUT2D eigenvalue weighted by Gasteiger charge is 2.19. The molecular weight excluding hydrogens is 308 g/mol. The quantitative estimate of drug-likeness (QED) is 0.672. The molecule has 1 heterocycles. The third-order valence-electron chi connectivity index (χ3n) is 2.68. The van der Waals surface area contributed by atoms with E-state index in [0.29, 0.717) is 5.01 Å². The van der Waals surface area contributed by atoms with Crippen LogP contribution in [-0.2, 0) is 12.0 Å². The maximum Gasteiger partial charge on any atom is 0.193 e. The summed E-state index contributed by atoms with van der Waals surface area (Å²) in [6, 6.07) is 3.06. The maximum atomic E-state index is 13.5. The first-order valence-electron chi connectivity index (χ1n) is 6.60. The number of hydrogen-bond donors (Lipinski definition) is 2. The Morgan fingerprint density at radius 2 is 2.05 bits per heavy atom. The molecule has 8 heteroatoms. The molecule has 2 aromatic rings. The molecule has 5 nitrogen and oxygen atoms in total. The van der Waals surface area contributed by atoms with Gasteiger partial charge in [-0.05, 0) is 12.1 Å². The Morgan fingerprint density at radius 3 is 2.68 bits per heavy atom. The molecule has 0 radical (unpaired) electrons. The van der Waals surface area contributed by atoms with E-state index in [1.807, 2.05) is 20.8 Å². The van der Waals surface area contributed by atoms with E-state index < -0.39 is 11.6 Å². The van der Waals surface area contributed by atoms with Gasteiger partial charge in [0.25, 0.3) is 0 Å². The lowest BCUT2D eigenvalue weighted by Crippen LogP contribution is -2.23. The summed E-state index contributed by atoms with van der Waals surface area (Å²) >= 11 is 1.45. The Balaban J connectivity index is 2.04. The SMILES string of the molecule is CC(C)(C)c1nnc(CN=C(N)Nc2cc(F)ccc2F)s1. The van der Waals surface area contributed by atoms with Gasteiger partial charge in [0, 0.05) is 11.5 Å². The second kappa shape index (κ2) is 6.35. The molecule has 1 aromatic heterocycles. The number of nitrogens with one attached hydrogen (secondary N) is 1. The van der Waals surface area contributed by atoms with Crippen molar-refractivity contribution in [2.45, 2.75) is 32.7 Å². The Kier molecular flexibility index (Phi) is 4.70. The molecular formula is C14H17F2N5S. The fraction of sp³-hybridized carbons (Fsp3) is 0.357. The summed E-state index contributed by atoms with van der Waals surface area (Å²) in [6.45, 7) is 6.36. The van der Waals surface area contributed by atoms with Gasteiger partial charge in [-0.1, -0.05) is 32.1 Å². The molecule has 0 saturated carbocycles. The lowest BCUT2D eigenvalue weighted by molar-refractivity contribution is 0.577. The number of anilines is 1. The minimum Gasteiger partial charge on any atom is -0.370 e. The predicted octanol–water partition coefficient (Wildman–Crippen LogP) is 3.04. The van der Waals surface area contributed by atoms with Crippen LogP contribution in [0.15, 0.2) is 23.2 Å². The highest BCUT2D eigenvalue weighted by Crippen LogP contribution is 2.25. The Labute approximate surface area is 131 Å². The van der Waals surface area contributed by atoms with Crippen molar-refractivity contribution in [2.75, 3.05) is 5.32 Å². The summed E-state index contributed by atoms with van der Waals surface area (Å²) in [6.07, 6.45) is 0. The number of aliphatic imine (C=N–C) groups is 1. The van der Waals surface area contributed by atoms with Crippen LogP contribution in [0.3, 0.4) is 0 Å². The first-order valence-corrected chi connectivity index (χ1v) is 7.42. The fourth-order valence-corrected chi connectivity index (χ4v) is 2.37. The van der Waals surface area contributed by atoms with Crippen LogP contribution in [0.5, 0.6) is 0 Å². The minimum atomic E-state index is -0.606. The largest absolute Gasteiger partial charge is 0.370 e. The van der Waals surface area contributed by atoms with Gasteiger partial charge in [0.15, 0.2) is 5.96 Å². The Bertz CT molecular complexity index is 691. The van der Waals surface area contributed by atoms with Crippen molar-refractivity contribution < 1.29 is 8.78 Å². The number of nitrogens with two attached hydrogens (primary N) is 1. The molecule has 1 aromatic carbocycles. The second-order valence-corrected chi connectivity index (χ2v) is 6.76. The van der Waals surface area contributed by atoms with E-state index in [2.05, 4.69) is 20.5 Å². The second-order valence-electron chi connectivity index (χ2n) is 5.70. The van der Waals surface area contributed by atoms with Gasteiger partial charge in [-0.25, -0.2) is 13.8 Å². The Hall–Kier alpha value is -2.09. The van der Waals surface area contributed by atoms with Crippen LogP contribution >= 0.6 is 11.3 Å². The van der Waals surface area contributed by atoms with Crippen molar-refractivity contribution in [3.63, 3.8) is 0 Å². The number of nitrogens with zero attached hydrogens (tertiary/aromatic N) is 3. The molecule has 0 amide bonds. The lowest BCUT2D eigenvalue weighted by atomic mass is 9.98. The van der Waals surface area contributed by atoms with Crippen molar-refractivity contribution in [2.24, 2.45) is 10.7 Å². The van der Waals surface area contributed by atoms with Gasteiger partial charge in [-0.15, -0.1) is 10.2 Å². The van der Waals surface area contributed by atoms with Gasteiger partial charge >= 0.3 is 0 Å². The van der Waals surface area contributed by atoms with E-state index in [1.165, 1.54) is 11.3 Å². The summed E-state index contributed by atoms with van der Waals surface area (Å²) in [4.78, 5) is 4.06. The van der Waals surface area contributed by atoms with Crippen LogP contribution in [0.1, 0.15) is 30.8 Å². The van der Waals surface area contributed by atoms with Crippen LogP contribution in [0.4, 0.5) is 14.5 Å². The van der Waals surface area contributed by atoms with Crippen LogP contribution in [0.25, 0.3) is 0 Å². The number of benzene rings is 1. The van der Waals surface area contributed by atoms with Crippen molar-refractivity contribution in [1.82, 2.24) is 10.2 Å². The number of halogens is 2. The monoisotopic (exact) mass is 325 g/mol. The minimum absolute atomic E-state index is 0.0167. The van der Waals surface area contributed by atoms with E-state index in [4.69, 9.17) is 5.73 Å². The van der Waals surface area contributed by atoms with Gasteiger partial charge < -0.3 is 11.1 Å². The molecule has 0 saturated heterocycles. The summed E-state index contributed by atoms with van der Waals surface area (Å²) in [7, 11) is 0. The van der Waals surface area contributed by atoms with Gasteiger partial charge in [-0.3, -0.25) is 0 Å². The third-order valence-corrected chi connectivity index (χ3v) is 4.02. The number of aromatic nitrogens is 2. The molecule has 22 heavy (non-hydrogen) atoms. The van der Waals surface area contributed by atoms with Gasteiger partial charge in [-0.2, -0.15) is 0 Å². The number of hydrogen-bond acceptors (Lipinski definition) is 4. The molecule has 0 aliphatic heterocycles. The van der Waals surface area contributed by atoms with Gasteiger partial charge in [0.2, 0.25) is 0 Å². The molecule has 0 bridgehead atoms. The average Bonchev–Trinajstić information content (AvgIpc) is 2.89. The van der Waals surface area contributed by atoms with E-state index in [9.17, 15) is 8.78 Å². The van der Waals surface area contributed by atoms with Crippen LogP contribution in [-0.4, -0.2) is 16.2 Å². The zero-order chi connectivity index (χ0) is 16.3. The standard InChI is InChI=1S/C14H17F2N5S/c1-14(2,3)12-21-20-11(22-12)7-18-13(17)19-10-6-8(15)4-5-9(10)16/h4-6H,7H2,1-3H3,(H3,17,18,19). The summed E-state index contributed by atoms with van der Waals surface area (Å²) in [5, 5.41) is 12.3. The van der Waals surface area contributed by atoms with Gasteiger partial charge in [0.1, 0.15) is 21.6 Å². The zero-order valence-corrected chi connectivity index (χ0v) is 13.3. The fourth-order valence-electron chi connectivity index (χ4n) is 1.54. The van der Waals surface area contributed by atoms with Crippen LogP contribution < -0.4 is 11.1 Å². The van der Waals surface area contributed by atoms with Crippen molar-refractivity contribution in [3.05, 3.63) is 39.8 Å². The number of guanidine groups is 1. The van der Waals surface area contributed by atoms with E-state index in [0.717, 1.165) is 23.2 Å². The first kappa shape index (κ1) is 16.3. The lowest BCUT2D eigenvalue weighted by Gasteiger charge is -2.12. The van der Waals surface area contributed by atoms with Crippen molar-refractivity contribution in [1.29, 1.82) is 0 Å². The number of rotatable bonds is 3. The zero-order valence-electron chi connectivity index (χ0n) is 12.5. The smallest absolute Gasteiger partial charge is 0.193 e. The van der Waals surface area contributed by atoms with E-state index >= 15 is 0 Å². The first-order chi connectivity index (χ1) is 10.3. The summed E-state index contributed by atoms with van der Waals surface area (Å²) in [5.74, 6) is -1.18. The van der Waals surface area contributed by atoms with E-state index in [-0.39, 0.29) is 23.6 Å². The normalized spacial score (nSPS) is 12.5. The summed E-state index contributed by atoms with van der Waals surface area (Å²) < 4.78 is 26.5. The van der Waals surface area contributed by atoms with Crippen LogP contribution in [0, 0.1) is 11.6 Å².